The lowest BCUT2D eigenvalue weighted by atomic mass is 10.3. The lowest BCUT2D eigenvalue weighted by Gasteiger charge is -2.23. The maximum Gasteiger partial charge on any atom is 0.515 e. The van der Waals surface area contributed by atoms with Crippen LogP contribution in [-0.4, -0.2) is 141 Å². The number of rotatable bonds is 10. The number of imidazole rings is 2. The molecule has 0 aliphatic carbocycles. The molecular formula is C43H55Cl6N15O6. The SMILES string of the molecule is CCCC.CCN(C)C(=O)N1CCC(Oc2ncnc3c2nc(-c2cnc(C)nc2)n3CC)C1.CCn1c(-c2cnc(C)nc2)nc2c(OC3CCNC3)ncnc21.O=C(OC(Cl)(Cl)Cl)OC(Cl)(Cl)Cl. The number of aromatic nitrogens is 12. The molecule has 70 heavy (non-hydrogen) atoms. The van der Waals surface area contributed by atoms with Gasteiger partial charge in [0.05, 0.1) is 17.7 Å². The summed E-state index contributed by atoms with van der Waals surface area (Å²) in [5.41, 5.74) is 4.42. The molecule has 380 valence electrons. The van der Waals surface area contributed by atoms with Crippen molar-refractivity contribution in [2.24, 2.45) is 0 Å². The molecule has 8 heterocycles. The van der Waals surface area contributed by atoms with Crippen molar-refractivity contribution < 1.29 is 28.5 Å². The van der Waals surface area contributed by atoms with Gasteiger partial charge in [0.15, 0.2) is 22.3 Å². The van der Waals surface area contributed by atoms with Crippen molar-refractivity contribution in [1.82, 2.24) is 74.1 Å². The zero-order chi connectivity index (χ0) is 51.2. The molecule has 2 atom stereocenters. The summed E-state index contributed by atoms with van der Waals surface area (Å²) in [6.07, 6.45) is 13.1. The zero-order valence-electron chi connectivity index (χ0n) is 39.9. The number of unbranched alkanes of at least 4 members (excludes halogenated alkanes) is 1. The predicted octanol–water partition coefficient (Wildman–Crippen LogP) is 9.09. The highest BCUT2D eigenvalue weighted by Gasteiger charge is 2.33. The second-order valence-electron chi connectivity index (χ2n) is 15.4. The largest absolute Gasteiger partial charge is 0.515 e. The van der Waals surface area contributed by atoms with Gasteiger partial charge in [-0.2, -0.15) is 9.97 Å². The molecule has 0 bridgehead atoms. The minimum absolute atomic E-state index is 0.0216. The third kappa shape index (κ3) is 15.8. The van der Waals surface area contributed by atoms with Gasteiger partial charge in [-0.3, -0.25) is 0 Å². The molecule has 2 saturated heterocycles. The Kier molecular flexibility index (Phi) is 20.8. The second kappa shape index (κ2) is 26.0. The molecule has 6 aromatic rings. The quantitative estimate of drug-likeness (QED) is 0.0996. The van der Waals surface area contributed by atoms with Crippen LogP contribution < -0.4 is 14.8 Å². The molecule has 27 heteroatoms. The number of urea groups is 1. The van der Waals surface area contributed by atoms with Gasteiger partial charge in [0.2, 0.25) is 11.8 Å². The Bertz CT molecular complexity index is 2610. The van der Waals surface area contributed by atoms with Crippen LogP contribution in [0.1, 0.15) is 72.0 Å². The fourth-order valence-corrected chi connectivity index (χ4v) is 7.07. The monoisotopic (exact) mass is 1090 g/mol. The van der Waals surface area contributed by atoms with Gasteiger partial charge in [0, 0.05) is 71.0 Å². The number of amides is 2. The van der Waals surface area contributed by atoms with E-state index in [9.17, 15) is 9.59 Å². The predicted molar refractivity (Wildman–Crippen MR) is 268 cm³/mol. The van der Waals surface area contributed by atoms with Crippen molar-refractivity contribution in [1.29, 1.82) is 0 Å². The van der Waals surface area contributed by atoms with E-state index in [4.69, 9.17) is 89.0 Å². The Morgan fingerprint density at radius 2 is 1.14 bits per heavy atom. The molecule has 2 aliphatic rings. The summed E-state index contributed by atoms with van der Waals surface area (Å²) >= 11 is 30.2. The zero-order valence-corrected chi connectivity index (χ0v) is 44.4. The summed E-state index contributed by atoms with van der Waals surface area (Å²) in [7, 11) is 1.80. The van der Waals surface area contributed by atoms with Gasteiger partial charge in [0.1, 0.15) is 48.2 Å². The first-order valence-corrected chi connectivity index (χ1v) is 24.7. The molecule has 1 N–H and O–H groups in total. The highest BCUT2D eigenvalue weighted by atomic mass is 35.6. The number of hydrogen-bond acceptors (Lipinski definition) is 17. The van der Waals surface area contributed by atoms with Crippen molar-refractivity contribution in [3.05, 3.63) is 49.1 Å². The third-order valence-corrected chi connectivity index (χ3v) is 10.9. The minimum Gasteiger partial charge on any atom is -0.471 e. The molecule has 2 amide bonds. The Hall–Kier alpha value is -4.90. The van der Waals surface area contributed by atoms with Crippen LogP contribution in [-0.2, 0) is 22.6 Å². The number of carbonyl (C=O) groups excluding carboxylic acids is 2. The van der Waals surface area contributed by atoms with Crippen LogP contribution in [0.3, 0.4) is 0 Å². The molecule has 8 rings (SSSR count). The van der Waals surface area contributed by atoms with Crippen LogP contribution in [0.15, 0.2) is 37.4 Å². The maximum atomic E-state index is 12.4. The van der Waals surface area contributed by atoms with Crippen molar-refractivity contribution in [3.63, 3.8) is 0 Å². The van der Waals surface area contributed by atoms with Gasteiger partial charge < -0.3 is 43.2 Å². The van der Waals surface area contributed by atoms with Crippen LogP contribution in [0.2, 0.25) is 0 Å². The van der Waals surface area contributed by atoms with E-state index in [2.05, 4.69) is 75.4 Å². The molecule has 0 radical (unpaired) electrons. The standard InChI is InChI=1S/C20H26N8O2.C16H19N7O.C4H10.C3Cl6O3/c1-5-26(4)20(29)27-8-7-15(11-27)30-19-16-18(23-12-24-19)28(6-2)17(25-16)14-9-21-13(3)22-10-14;1-3-23-14(11-6-18-10(2)19-7-11)22-13-15(23)20-9-21-16(13)24-12-4-5-17-8-12;1-3-4-2;4-2(5,6)11-1(10)12-3(7,8)9/h9-10,12,15H,5-8,11H2,1-4H3;6-7,9,12,17H,3-5,8H2,1-2H3;3-4H2,1-2H3;. The van der Waals surface area contributed by atoms with Crippen molar-refractivity contribution in [3.8, 4) is 34.5 Å². The van der Waals surface area contributed by atoms with E-state index in [1.165, 1.54) is 25.5 Å². The van der Waals surface area contributed by atoms with Gasteiger partial charge in [-0.1, -0.05) is 26.7 Å². The van der Waals surface area contributed by atoms with Crippen LogP contribution in [0.4, 0.5) is 9.59 Å². The number of alkyl halides is 6. The lowest BCUT2D eigenvalue weighted by molar-refractivity contribution is 0.0508. The van der Waals surface area contributed by atoms with Gasteiger partial charge in [-0.15, -0.1) is 0 Å². The summed E-state index contributed by atoms with van der Waals surface area (Å²) < 4.78 is 19.8. The molecule has 6 aromatic heterocycles. The average molecular weight is 1090 g/mol. The molecule has 0 saturated carbocycles. The molecule has 0 spiro atoms. The number of fused-ring (bicyclic) bond motifs is 2. The van der Waals surface area contributed by atoms with E-state index < -0.39 is 14.1 Å². The topological polar surface area (TPSA) is 228 Å². The third-order valence-electron chi connectivity index (χ3n) is 10.4. The van der Waals surface area contributed by atoms with Gasteiger partial charge >= 0.3 is 20.1 Å². The fourth-order valence-electron chi connectivity index (χ4n) is 6.69. The van der Waals surface area contributed by atoms with E-state index in [-0.39, 0.29) is 18.2 Å². The van der Waals surface area contributed by atoms with Gasteiger partial charge in [0.25, 0.3) is 0 Å². The van der Waals surface area contributed by atoms with Gasteiger partial charge in [-0.05, 0) is 117 Å². The van der Waals surface area contributed by atoms with Crippen LogP contribution in [0.25, 0.3) is 45.1 Å². The number of hydrogen-bond donors (Lipinski definition) is 1. The van der Waals surface area contributed by atoms with E-state index in [1.54, 1.807) is 36.7 Å². The number of nitrogens with zero attached hydrogens (tertiary/aromatic N) is 14. The van der Waals surface area contributed by atoms with Crippen LogP contribution in [0, 0.1) is 13.8 Å². The normalized spacial score (nSPS) is 15.5. The van der Waals surface area contributed by atoms with E-state index in [0.29, 0.717) is 60.4 Å². The molecule has 21 nitrogen and oxygen atoms in total. The molecule has 0 aromatic carbocycles. The summed E-state index contributed by atoms with van der Waals surface area (Å²) in [4.78, 5) is 70.5. The smallest absolute Gasteiger partial charge is 0.471 e. The Morgan fingerprint density at radius 1 is 0.686 bits per heavy atom. The van der Waals surface area contributed by atoms with Crippen LogP contribution in [0.5, 0.6) is 11.8 Å². The summed E-state index contributed by atoms with van der Waals surface area (Å²) in [6, 6.07) is 0.0216. The summed E-state index contributed by atoms with van der Waals surface area (Å²) in [6.45, 7) is 19.2. The average Bonchev–Trinajstić information content (AvgIpc) is 4.15. The maximum absolute atomic E-state index is 12.4. The first kappa shape index (κ1) is 56.0. The number of likely N-dealkylation sites (tertiary alicyclic amines) is 1. The van der Waals surface area contributed by atoms with Gasteiger partial charge in [-0.25, -0.2) is 49.5 Å². The first-order valence-electron chi connectivity index (χ1n) is 22.4. The van der Waals surface area contributed by atoms with E-state index in [0.717, 1.165) is 66.7 Å². The number of nitrogens with one attached hydrogen (secondary N) is 1. The highest BCUT2D eigenvalue weighted by Crippen LogP contribution is 2.33. The van der Waals surface area contributed by atoms with Crippen molar-refractivity contribution >= 4 is 104 Å². The molecule has 2 fully saturated rings. The molecule has 2 aliphatic heterocycles. The second-order valence-corrected chi connectivity index (χ2v) is 19.8. The Labute approximate surface area is 435 Å². The summed E-state index contributed by atoms with van der Waals surface area (Å²) in [5.74, 6) is 3.92. The number of aryl methyl sites for hydroxylation is 4. The van der Waals surface area contributed by atoms with E-state index >= 15 is 0 Å². The molecule has 2 unspecified atom stereocenters. The Morgan fingerprint density at radius 3 is 1.53 bits per heavy atom. The minimum atomic E-state index is -2.24. The Balaban J connectivity index is 0.000000203. The number of carbonyl (C=O) groups is 2. The number of ether oxygens (including phenoxy) is 4. The summed E-state index contributed by atoms with van der Waals surface area (Å²) in [5, 5.41) is 3.29. The van der Waals surface area contributed by atoms with Crippen molar-refractivity contribution in [2.45, 2.75) is 107 Å². The van der Waals surface area contributed by atoms with Crippen molar-refractivity contribution in [2.75, 3.05) is 39.8 Å². The van der Waals surface area contributed by atoms with Crippen LogP contribution >= 0.6 is 69.6 Å². The highest BCUT2D eigenvalue weighted by molar-refractivity contribution is 6.67. The molecular weight excluding hydrogens is 1040 g/mol. The first-order chi connectivity index (χ1) is 33.3. The van der Waals surface area contributed by atoms with E-state index in [1.807, 2.05) is 41.7 Å². The lowest BCUT2D eigenvalue weighted by Crippen LogP contribution is -2.40. The number of halogens is 6. The fraction of sp³-hybridized carbons (Fsp3) is 0.535.